The summed E-state index contributed by atoms with van der Waals surface area (Å²) < 4.78 is 0. The predicted octanol–water partition coefficient (Wildman–Crippen LogP) is 2.58. The Morgan fingerprint density at radius 2 is 2.29 bits per heavy atom. The van der Waals surface area contributed by atoms with Crippen molar-refractivity contribution in [2.45, 2.75) is 13.5 Å². The Morgan fingerprint density at radius 1 is 1.43 bits per heavy atom. The van der Waals surface area contributed by atoms with Crippen molar-refractivity contribution in [1.82, 2.24) is 4.98 Å². The lowest BCUT2D eigenvalue weighted by atomic mass is 10.2. The van der Waals surface area contributed by atoms with Gasteiger partial charge in [-0.15, -0.1) is 11.3 Å². The monoisotopic (exact) mass is 204 g/mol. The van der Waals surface area contributed by atoms with Gasteiger partial charge in [0.2, 0.25) is 0 Å². The lowest BCUT2D eigenvalue weighted by molar-refractivity contribution is 1.11. The third-order valence-electron chi connectivity index (χ3n) is 2.04. The Morgan fingerprint density at radius 3 is 2.93 bits per heavy atom. The van der Waals surface area contributed by atoms with Crippen molar-refractivity contribution in [1.29, 1.82) is 0 Å². The van der Waals surface area contributed by atoms with Crippen LogP contribution in [0.3, 0.4) is 0 Å². The van der Waals surface area contributed by atoms with Gasteiger partial charge in [0, 0.05) is 28.1 Å². The highest BCUT2D eigenvalue weighted by Gasteiger charge is 2.02. The third-order valence-corrected chi connectivity index (χ3v) is 3.00. The Bertz CT molecular complexity index is 434. The molecule has 0 amide bonds. The standard InChI is InChI=1S/C11H12N2S/c1-8-3-2-4-11(13-8)9-5-10(6-12)14-7-9/h2-5,7H,6,12H2,1H3. The largest absolute Gasteiger partial charge is 0.326 e. The zero-order chi connectivity index (χ0) is 9.97. The lowest BCUT2D eigenvalue weighted by Crippen LogP contribution is -1.91. The van der Waals surface area contributed by atoms with Gasteiger partial charge in [0.25, 0.3) is 0 Å². The van der Waals surface area contributed by atoms with E-state index in [0.717, 1.165) is 11.4 Å². The number of thiophene rings is 1. The van der Waals surface area contributed by atoms with E-state index in [1.807, 2.05) is 25.1 Å². The molecule has 0 aliphatic carbocycles. The van der Waals surface area contributed by atoms with E-state index in [2.05, 4.69) is 16.4 Å². The number of nitrogens with zero attached hydrogens (tertiary/aromatic N) is 1. The van der Waals surface area contributed by atoms with Gasteiger partial charge in [-0.3, -0.25) is 4.98 Å². The molecule has 2 aromatic rings. The van der Waals surface area contributed by atoms with Gasteiger partial charge in [-0.2, -0.15) is 0 Å². The molecule has 3 heteroatoms. The zero-order valence-corrected chi connectivity index (χ0v) is 8.84. The first-order valence-corrected chi connectivity index (χ1v) is 5.39. The summed E-state index contributed by atoms with van der Waals surface area (Å²) in [6.45, 7) is 2.61. The minimum absolute atomic E-state index is 0.608. The van der Waals surface area contributed by atoms with Crippen LogP contribution in [0.2, 0.25) is 0 Å². The highest BCUT2D eigenvalue weighted by Crippen LogP contribution is 2.23. The molecule has 2 aromatic heterocycles. The fraction of sp³-hybridized carbons (Fsp3) is 0.182. The number of hydrogen-bond donors (Lipinski definition) is 1. The fourth-order valence-corrected chi connectivity index (χ4v) is 2.08. The van der Waals surface area contributed by atoms with Crippen LogP contribution in [0.5, 0.6) is 0 Å². The summed E-state index contributed by atoms with van der Waals surface area (Å²) in [6, 6.07) is 8.15. The van der Waals surface area contributed by atoms with Gasteiger partial charge in [-0.25, -0.2) is 0 Å². The van der Waals surface area contributed by atoms with Gasteiger partial charge in [-0.1, -0.05) is 6.07 Å². The molecule has 0 bridgehead atoms. The van der Waals surface area contributed by atoms with Crippen molar-refractivity contribution in [3.05, 3.63) is 40.2 Å². The van der Waals surface area contributed by atoms with Crippen LogP contribution in [-0.2, 0) is 6.54 Å². The number of pyridine rings is 1. The summed E-state index contributed by atoms with van der Waals surface area (Å²) in [7, 11) is 0. The summed E-state index contributed by atoms with van der Waals surface area (Å²) in [5.74, 6) is 0. The summed E-state index contributed by atoms with van der Waals surface area (Å²) in [5, 5.41) is 2.10. The second-order valence-corrected chi connectivity index (χ2v) is 4.17. The van der Waals surface area contributed by atoms with E-state index >= 15 is 0 Å². The first kappa shape index (κ1) is 9.37. The molecule has 0 aliphatic heterocycles. The van der Waals surface area contributed by atoms with E-state index in [4.69, 9.17) is 5.73 Å². The predicted molar refractivity (Wildman–Crippen MR) is 60.2 cm³/mol. The number of aromatic nitrogens is 1. The third kappa shape index (κ3) is 1.84. The van der Waals surface area contributed by atoms with Crippen molar-refractivity contribution in [3.8, 4) is 11.3 Å². The van der Waals surface area contributed by atoms with Crippen molar-refractivity contribution in [2.75, 3.05) is 0 Å². The van der Waals surface area contributed by atoms with Gasteiger partial charge in [0.1, 0.15) is 0 Å². The summed E-state index contributed by atoms with van der Waals surface area (Å²) in [5.41, 5.74) is 8.80. The van der Waals surface area contributed by atoms with E-state index in [-0.39, 0.29) is 0 Å². The van der Waals surface area contributed by atoms with E-state index in [1.54, 1.807) is 11.3 Å². The number of aryl methyl sites for hydroxylation is 1. The molecule has 2 heterocycles. The molecule has 2 rings (SSSR count). The zero-order valence-electron chi connectivity index (χ0n) is 8.03. The topological polar surface area (TPSA) is 38.9 Å². The van der Waals surface area contributed by atoms with Crippen molar-refractivity contribution >= 4 is 11.3 Å². The second-order valence-electron chi connectivity index (χ2n) is 3.17. The fourth-order valence-electron chi connectivity index (χ4n) is 1.33. The van der Waals surface area contributed by atoms with Gasteiger partial charge in [-0.05, 0) is 25.1 Å². The van der Waals surface area contributed by atoms with Crippen LogP contribution in [0, 0.1) is 6.92 Å². The molecule has 0 atom stereocenters. The maximum atomic E-state index is 5.56. The van der Waals surface area contributed by atoms with Crippen molar-refractivity contribution < 1.29 is 0 Å². The molecule has 0 saturated carbocycles. The van der Waals surface area contributed by atoms with Gasteiger partial charge < -0.3 is 5.73 Å². The maximum absolute atomic E-state index is 5.56. The highest BCUT2D eigenvalue weighted by molar-refractivity contribution is 7.10. The summed E-state index contributed by atoms with van der Waals surface area (Å²) >= 11 is 1.69. The van der Waals surface area contributed by atoms with Crippen LogP contribution in [0.4, 0.5) is 0 Å². The summed E-state index contributed by atoms with van der Waals surface area (Å²) in [6.07, 6.45) is 0. The van der Waals surface area contributed by atoms with Gasteiger partial charge in [0.05, 0.1) is 5.69 Å². The number of nitrogens with two attached hydrogens (primary N) is 1. The molecule has 72 valence electrons. The minimum Gasteiger partial charge on any atom is -0.326 e. The molecule has 0 aromatic carbocycles. The van der Waals surface area contributed by atoms with E-state index in [0.29, 0.717) is 6.54 Å². The van der Waals surface area contributed by atoms with Crippen LogP contribution in [0.1, 0.15) is 10.6 Å². The Labute approximate surface area is 87.4 Å². The quantitative estimate of drug-likeness (QED) is 0.816. The van der Waals surface area contributed by atoms with Crippen LogP contribution in [-0.4, -0.2) is 4.98 Å². The molecule has 0 spiro atoms. The molecule has 0 unspecified atom stereocenters. The molecule has 0 aliphatic rings. The Hall–Kier alpha value is -1.19. The number of hydrogen-bond acceptors (Lipinski definition) is 3. The first-order chi connectivity index (χ1) is 6.79. The van der Waals surface area contributed by atoms with E-state index in [9.17, 15) is 0 Å². The maximum Gasteiger partial charge on any atom is 0.0713 e. The van der Waals surface area contributed by atoms with E-state index in [1.165, 1.54) is 10.4 Å². The second kappa shape index (κ2) is 3.90. The van der Waals surface area contributed by atoms with Crippen molar-refractivity contribution in [2.24, 2.45) is 5.73 Å². The smallest absolute Gasteiger partial charge is 0.0713 e. The SMILES string of the molecule is Cc1cccc(-c2csc(CN)c2)n1. The minimum atomic E-state index is 0.608. The molecule has 0 saturated heterocycles. The van der Waals surface area contributed by atoms with Gasteiger partial charge >= 0.3 is 0 Å². The van der Waals surface area contributed by atoms with Crippen molar-refractivity contribution in [3.63, 3.8) is 0 Å². The molecular formula is C11H12N2S. The van der Waals surface area contributed by atoms with E-state index < -0.39 is 0 Å². The normalized spacial score (nSPS) is 10.4. The average molecular weight is 204 g/mol. The molecule has 14 heavy (non-hydrogen) atoms. The number of rotatable bonds is 2. The average Bonchev–Trinajstić information content (AvgIpc) is 2.66. The summed E-state index contributed by atoms with van der Waals surface area (Å²) in [4.78, 5) is 5.65. The molecule has 2 N–H and O–H groups in total. The Balaban J connectivity index is 2.39. The van der Waals surface area contributed by atoms with Gasteiger partial charge in [0.15, 0.2) is 0 Å². The Kier molecular flexibility index (Phi) is 2.61. The van der Waals surface area contributed by atoms with Crippen LogP contribution >= 0.6 is 11.3 Å². The molecule has 0 fully saturated rings. The molecule has 0 radical (unpaired) electrons. The highest BCUT2D eigenvalue weighted by atomic mass is 32.1. The molecule has 2 nitrogen and oxygen atoms in total. The van der Waals surface area contributed by atoms with Crippen LogP contribution in [0.25, 0.3) is 11.3 Å². The first-order valence-electron chi connectivity index (χ1n) is 4.51. The molecular weight excluding hydrogens is 192 g/mol. The van der Waals surface area contributed by atoms with Crippen LogP contribution in [0.15, 0.2) is 29.6 Å². The lowest BCUT2D eigenvalue weighted by Gasteiger charge is -1.97. The van der Waals surface area contributed by atoms with Crippen LogP contribution < -0.4 is 5.73 Å².